The van der Waals surface area contributed by atoms with Crippen LogP contribution in [-0.2, 0) is 4.79 Å². The normalized spacial score (nSPS) is 17.9. The maximum Gasteiger partial charge on any atom is 0.327 e. The van der Waals surface area contributed by atoms with Crippen LogP contribution in [0.1, 0.15) is 0 Å². The van der Waals surface area contributed by atoms with Crippen LogP contribution in [0.5, 0.6) is 0 Å². The van der Waals surface area contributed by atoms with Gasteiger partial charge in [-0.25, -0.2) is 4.79 Å². The van der Waals surface area contributed by atoms with E-state index in [0.717, 1.165) is 0 Å². The van der Waals surface area contributed by atoms with Gasteiger partial charge in [-0.05, 0) is 0 Å². The second kappa shape index (κ2) is 2.74. The number of carbonyl (C=O) groups is 2. The van der Waals surface area contributed by atoms with Crippen LogP contribution in [-0.4, -0.2) is 41.9 Å². The summed E-state index contributed by atoms with van der Waals surface area (Å²) in [7, 11) is 1.60. The van der Waals surface area contributed by atoms with Gasteiger partial charge in [-0.2, -0.15) is 0 Å². The summed E-state index contributed by atoms with van der Waals surface area (Å²) >= 11 is 0. The Hall–Kier alpha value is -1.32. The Labute approximate surface area is 65.1 Å². The quantitative estimate of drug-likeness (QED) is 0.417. The lowest BCUT2D eigenvalue weighted by atomic mass is 10.5. The minimum Gasteiger partial charge on any atom is -0.318 e. The minimum absolute atomic E-state index is 0.155. The van der Waals surface area contributed by atoms with Gasteiger partial charge >= 0.3 is 6.03 Å². The van der Waals surface area contributed by atoms with Crippen molar-refractivity contribution in [1.82, 2.24) is 9.80 Å². The second-order valence-corrected chi connectivity index (χ2v) is 2.43. The molecule has 0 radical (unpaired) electrons. The van der Waals surface area contributed by atoms with Gasteiger partial charge in [0.1, 0.15) is 6.54 Å². The molecule has 0 bridgehead atoms. The SMILES string of the molecule is C=CCN1C(=O)CN(C)C1=O. The number of amides is 3. The van der Waals surface area contributed by atoms with E-state index in [1.807, 2.05) is 0 Å². The first-order chi connectivity index (χ1) is 5.16. The molecule has 60 valence electrons. The maximum absolute atomic E-state index is 11.1. The molecule has 3 amide bonds. The highest BCUT2D eigenvalue weighted by molar-refractivity contribution is 6.01. The summed E-state index contributed by atoms with van der Waals surface area (Å²) in [4.78, 5) is 24.6. The van der Waals surface area contributed by atoms with Crippen molar-refractivity contribution >= 4 is 11.9 Å². The first-order valence-electron chi connectivity index (χ1n) is 3.33. The lowest BCUT2D eigenvalue weighted by Crippen LogP contribution is -2.31. The fourth-order valence-electron chi connectivity index (χ4n) is 0.978. The molecule has 0 unspecified atom stereocenters. The minimum atomic E-state index is -0.241. The molecule has 0 aromatic heterocycles. The van der Waals surface area contributed by atoms with Crippen molar-refractivity contribution in [2.45, 2.75) is 0 Å². The lowest BCUT2D eigenvalue weighted by molar-refractivity contribution is -0.124. The van der Waals surface area contributed by atoms with Crippen molar-refractivity contribution in [3.63, 3.8) is 0 Å². The molecule has 0 N–H and O–H groups in total. The number of likely N-dealkylation sites (N-methyl/N-ethyl adjacent to an activating group) is 1. The molecular formula is C7H10N2O2. The zero-order valence-corrected chi connectivity index (χ0v) is 6.41. The molecular weight excluding hydrogens is 144 g/mol. The Morgan fingerprint density at radius 2 is 2.27 bits per heavy atom. The monoisotopic (exact) mass is 154 g/mol. The first kappa shape index (κ1) is 7.78. The van der Waals surface area contributed by atoms with Crippen molar-refractivity contribution in [1.29, 1.82) is 0 Å². The third-order valence-electron chi connectivity index (χ3n) is 1.54. The Balaban J connectivity index is 2.71. The highest BCUT2D eigenvalue weighted by atomic mass is 16.2. The summed E-state index contributed by atoms with van der Waals surface area (Å²) in [6, 6.07) is -0.241. The van der Waals surface area contributed by atoms with E-state index < -0.39 is 0 Å². The van der Waals surface area contributed by atoms with Gasteiger partial charge in [0, 0.05) is 13.6 Å². The molecule has 1 fully saturated rings. The second-order valence-electron chi connectivity index (χ2n) is 2.43. The fraction of sp³-hybridized carbons (Fsp3) is 0.429. The smallest absolute Gasteiger partial charge is 0.318 e. The van der Waals surface area contributed by atoms with Crippen molar-refractivity contribution < 1.29 is 9.59 Å². The molecule has 11 heavy (non-hydrogen) atoms. The molecule has 0 aromatic carbocycles. The highest BCUT2D eigenvalue weighted by Gasteiger charge is 2.31. The summed E-state index contributed by atoms with van der Waals surface area (Å²) in [5.41, 5.74) is 0. The van der Waals surface area contributed by atoms with E-state index in [1.54, 1.807) is 7.05 Å². The summed E-state index contributed by atoms with van der Waals surface area (Å²) in [5.74, 6) is -0.155. The number of urea groups is 1. The Bertz CT molecular complexity index is 212. The number of rotatable bonds is 2. The van der Waals surface area contributed by atoms with Crippen LogP contribution >= 0.6 is 0 Å². The van der Waals surface area contributed by atoms with Crippen molar-refractivity contribution in [3.05, 3.63) is 12.7 Å². The number of hydrogen-bond donors (Lipinski definition) is 0. The van der Waals surface area contributed by atoms with E-state index >= 15 is 0 Å². The van der Waals surface area contributed by atoms with Gasteiger partial charge in [0.25, 0.3) is 5.91 Å². The van der Waals surface area contributed by atoms with Crippen molar-refractivity contribution in [2.24, 2.45) is 0 Å². The van der Waals surface area contributed by atoms with Gasteiger partial charge in [0.15, 0.2) is 0 Å². The van der Waals surface area contributed by atoms with E-state index in [2.05, 4.69) is 6.58 Å². The molecule has 0 atom stereocenters. The maximum atomic E-state index is 11.1. The van der Waals surface area contributed by atoms with E-state index in [4.69, 9.17) is 0 Å². The third kappa shape index (κ3) is 1.24. The van der Waals surface area contributed by atoms with Gasteiger partial charge in [0.2, 0.25) is 0 Å². The molecule has 1 aliphatic rings. The van der Waals surface area contributed by atoms with Crippen LogP contribution < -0.4 is 0 Å². The van der Waals surface area contributed by atoms with E-state index in [-0.39, 0.29) is 18.5 Å². The number of nitrogens with zero attached hydrogens (tertiary/aromatic N) is 2. The summed E-state index contributed by atoms with van der Waals surface area (Å²) in [6.07, 6.45) is 1.54. The fourth-order valence-corrected chi connectivity index (χ4v) is 0.978. The number of carbonyl (C=O) groups excluding carboxylic acids is 2. The zero-order chi connectivity index (χ0) is 8.43. The predicted molar refractivity (Wildman–Crippen MR) is 39.9 cm³/mol. The van der Waals surface area contributed by atoms with Crippen molar-refractivity contribution in [3.8, 4) is 0 Å². The third-order valence-corrected chi connectivity index (χ3v) is 1.54. The Morgan fingerprint density at radius 3 is 2.64 bits per heavy atom. The van der Waals surface area contributed by atoms with Crippen LogP contribution in [0.15, 0.2) is 12.7 Å². The average molecular weight is 154 g/mol. The van der Waals surface area contributed by atoms with Gasteiger partial charge in [-0.1, -0.05) is 6.08 Å². The molecule has 1 rings (SSSR count). The number of imide groups is 1. The molecule has 0 spiro atoms. The van der Waals surface area contributed by atoms with Gasteiger partial charge < -0.3 is 4.90 Å². The molecule has 0 aliphatic carbocycles. The van der Waals surface area contributed by atoms with Crippen LogP contribution in [0.2, 0.25) is 0 Å². The van der Waals surface area contributed by atoms with Crippen LogP contribution in [0.4, 0.5) is 4.79 Å². The van der Waals surface area contributed by atoms with Gasteiger partial charge in [-0.15, -0.1) is 6.58 Å². The summed E-state index contributed by atoms with van der Waals surface area (Å²) in [5, 5.41) is 0. The van der Waals surface area contributed by atoms with Gasteiger partial charge in [0.05, 0.1) is 0 Å². The molecule has 4 heteroatoms. The Kier molecular flexibility index (Phi) is 1.94. The number of hydrogen-bond acceptors (Lipinski definition) is 2. The Morgan fingerprint density at radius 1 is 1.64 bits per heavy atom. The predicted octanol–water partition coefficient (Wildman–Crippen LogP) is 0.0664. The summed E-state index contributed by atoms with van der Waals surface area (Å²) < 4.78 is 0. The lowest BCUT2D eigenvalue weighted by Gasteiger charge is -2.10. The van der Waals surface area contributed by atoms with Crippen LogP contribution in [0.3, 0.4) is 0 Å². The molecule has 0 saturated carbocycles. The largest absolute Gasteiger partial charge is 0.327 e. The van der Waals surface area contributed by atoms with Crippen molar-refractivity contribution in [2.75, 3.05) is 20.1 Å². The molecule has 0 aromatic rings. The standard InChI is InChI=1S/C7H10N2O2/c1-3-4-9-6(10)5-8(2)7(9)11/h3H,1,4-5H2,2H3. The van der Waals surface area contributed by atoms with E-state index in [9.17, 15) is 9.59 Å². The summed E-state index contributed by atoms with van der Waals surface area (Å²) in [6.45, 7) is 3.95. The average Bonchev–Trinajstić information content (AvgIpc) is 2.17. The van der Waals surface area contributed by atoms with Crippen LogP contribution in [0.25, 0.3) is 0 Å². The van der Waals surface area contributed by atoms with Crippen LogP contribution in [0, 0.1) is 0 Å². The van der Waals surface area contributed by atoms with Gasteiger partial charge in [-0.3, -0.25) is 9.69 Å². The molecule has 1 heterocycles. The molecule has 1 aliphatic heterocycles. The topological polar surface area (TPSA) is 40.6 Å². The van der Waals surface area contributed by atoms with E-state index in [0.29, 0.717) is 6.54 Å². The highest BCUT2D eigenvalue weighted by Crippen LogP contribution is 2.06. The molecule has 1 saturated heterocycles. The first-order valence-corrected chi connectivity index (χ1v) is 3.33. The molecule has 4 nitrogen and oxygen atoms in total. The zero-order valence-electron chi connectivity index (χ0n) is 6.41. The van der Waals surface area contributed by atoms with E-state index in [1.165, 1.54) is 15.9 Å².